The molecule has 1 heterocycles. The Kier molecular flexibility index (Phi) is 5.05. The van der Waals surface area contributed by atoms with E-state index in [9.17, 15) is 30.7 Å². The highest BCUT2D eigenvalue weighted by molar-refractivity contribution is 5.39. The van der Waals surface area contributed by atoms with Gasteiger partial charge in [-0.3, -0.25) is 0 Å². The van der Waals surface area contributed by atoms with E-state index in [-0.39, 0.29) is 6.61 Å². The Bertz CT molecular complexity index is 654. The van der Waals surface area contributed by atoms with Crippen molar-refractivity contribution in [1.29, 1.82) is 5.26 Å². The zero-order chi connectivity index (χ0) is 18.2. The molecule has 0 N–H and O–H groups in total. The van der Waals surface area contributed by atoms with E-state index in [4.69, 9.17) is 14.7 Å². The second-order valence-corrected chi connectivity index (χ2v) is 5.09. The van der Waals surface area contributed by atoms with E-state index in [1.165, 1.54) is 0 Å². The van der Waals surface area contributed by atoms with Crippen molar-refractivity contribution in [3.8, 4) is 6.07 Å². The van der Waals surface area contributed by atoms with Crippen molar-refractivity contribution in [1.82, 2.24) is 0 Å². The van der Waals surface area contributed by atoms with E-state index in [1.54, 1.807) is 0 Å². The highest BCUT2D eigenvalue weighted by Gasteiger charge is 2.52. The average Bonchev–Trinajstić information content (AvgIpc) is 2.67. The van der Waals surface area contributed by atoms with Crippen LogP contribution in [0.1, 0.15) is 24.2 Å². The number of hydrogen-bond donors (Lipinski definition) is 0. The van der Waals surface area contributed by atoms with Crippen LogP contribution in [0.4, 0.5) is 30.7 Å². The van der Waals surface area contributed by atoms with Crippen molar-refractivity contribution < 1.29 is 40.2 Å². The maximum atomic E-state index is 14.1. The van der Waals surface area contributed by atoms with Crippen LogP contribution in [-0.2, 0) is 9.47 Å². The zero-order valence-corrected chi connectivity index (χ0v) is 12.1. The molecule has 1 aromatic rings. The minimum Gasteiger partial charge on any atom is -0.375 e. The van der Waals surface area contributed by atoms with Gasteiger partial charge in [0.2, 0.25) is 0 Å². The van der Waals surface area contributed by atoms with E-state index in [1.807, 2.05) is 0 Å². The minimum atomic E-state index is -5.02. The van der Waals surface area contributed by atoms with Gasteiger partial charge in [0.25, 0.3) is 0 Å². The quantitative estimate of drug-likeness (QED) is 0.568. The van der Waals surface area contributed by atoms with Crippen molar-refractivity contribution in [2.75, 3.05) is 13.2 Å². The third-order valence-corrected chi connectivity index (χ3v) is 3.66. The molecule has 1 fully saturated rings. The Morgan fingerprint density at radius 3 is 1.92 bits per heavy atom. The van der Waals surface area contributed by atoms with Gasteiger partial charge in [-0.25, -0.2) is 17.6 Å². The highest BCUT2D eigenvalue weighted by Crippen LogP contribution is 2.45. The summed E-state index contributed by atoms with van der Waals surface area (Å²) in [5, 5.41) is 8.52. The Morgan fingerprint density at radius 1 is 0.958 bits per heavy atom. The molecule has 10 heteroatoms. The molecule has 1 aliphatic heterocycles. The maximum Gasteiger partial charge on any atom is 0.397 e. The van der Waals surface area contributed by atoms with Crippen LogP contribution in [-0.4, -0.2) is 25.5 Å². The normalized spacial score (nSPS) is 25.2. The lowest BCUT2D eigenvalue weighted by Crippen LogP contribution is -2.39. The molecular weight excluding hydrogens is 347 g/mol. The maximum absolute atomic E-state index is 14.1. The number of halogens is 7. The fourth-order valence-electron chi connectivity index (χ4n) is 2.56. The van der Waals surface area contributed by atoms with Crippen molar-refractivity contribution >= 4 is 0 Å². The molecule has 1 aliphatic rings. The Balaban J connectivity index is 2.70. The number of ether oxygens (including phenoxy) is 2. The molecule has 0 saturated carbocycles. The van der Waals surface area contributed by atoms with Crippen LogP contribution in [0.3, 0.4) is 0 Å². The van der Waals surface area contributed by atoms with Gasteiger partial charge in [-0.05, 0) is 6.92 Å². The van der Waals surface area contributed by atoms with Gasteiger partial charge in [-0.2, -0.15) is 18.4 Å². The second-order valence-electron chi connectivity index (χ2n) is 5.09. The lowest BCUT2D eigenvalue weighted by Gasteiger charge is -2.31. The van der Waals surface area contributed by atoms with Crippen molar-refractivity contribution in [3.05, 3.63) is 34.4 Å². The summed E-state index contributed by atoms with van der Waals surface area (Å²) in [6, 6.07) is 0.920. The van der Waals surface area contributed by atoms with Crippen molar-refractivity contribution in [2.45, 2.75) is 25.3 Å². The third-order valence-electron chi connectivity index (χ3n) is 3.66. The summed E-state index contributed by atoms with van der Waals surface area (Å²) in [4.78, 5) is 0. The van der Waals surface area contributed by atoms with Gasteiger partial charge in [-0.1, -0.05) is 0 Å². The summed E-state index contributed by atoms with van der Waals surface area (Å²) in [5.41, 5.74) is -3.11. The van der Waals surface area contributed by atoms with Crippen LogP contribution in [0, 0.1) is 40.5 Å². The van der Waals surface area contributed by atoms with Crippen molar-refractivity contribution in [2.24, 2.45) is 5.92 Å². The molecule has 1 saturated heterocycles. The SMILES string of the molecule is CC1OCCOC(c2c(F)c(F)c(C#N)c(F)c2F)C1C(F)(F)F. The molecule has 0 amide bonds. The molecule has 3 unspecified atom stereocenters. The molecule has 1 aromatic carbocycles. The summed E-state index contributed by atoms with van der Waals surface area (Å²) in [6.45, 7) is 0.241. The lowest BCUT2D eigenvalue weighted by atomic mass is 9.89. The highest BCUT2D eigenvalue weighted by atomic mass is 19.4. The third kappa shape index (κ3) is 3.06. The molecule has 0 aliphatic carbocycles. The molecule has 0 radical (unpaired) electrons. The monoisotopic (exact) mass is 357 g/mol. The molecule has 3 nitrogen and oxygen atoms in total. The van der Waals surface area contributed by atoms with Crippen molar-refractivity contribution in [3.63, 3.8) is 0 Å². The van der Waals surface area contributed by atoms with Gasteiger partial charge in [0.1, 0.15) is 23.7 Å². The first-order valence-corrected chi connectivity index (χ1v) is 6.67. The van der Waals surface area contributed by atoms with E-state index in [0.717, 1.165) is 13.0 Å². The van der Waals surface area contributed by atoms with Crippen LogP contribution < -0.4 is 0 Å². The smallest absolute Gasteiger partial charge is 0.375 e. The molecule has 0 aromatic heterocycles. The fraction of sp³-hybridized carbons (Fsp3) is 0.500. The number of hydrogen-bond acceptors (Lipinski definition) is 3. The minimum absolute atomic E-state index is 0.297. The van der Waals surface area contributed by atoms with Crippen LogP contribution in [0.5, 0.6) is 0 Å². The topological polar surface area (TPSA) is 42.2 Å². The molecule has 2 rings (SSSR count). The first-order valence-electron chi connectivity index (χ1n) is 6.67. The van der Waals surface area contributed by atoms with E-state index < -0.39 is 65.3 Å². The first kappa shape index (κ1) is 18.5. The van der Waals surface area contributed by atoms with Crippen LogP contribution in [0.15, 0.2) is 0 Å². The Hall–Kier alpha value is -1.86. The zero-order valence-electron chi connectivity index (χ0n) is 12.1. The fourth-order valence-corrected chi connectivity index (χ4v) is 2.56. The van der Waals surface area contributed by atoms with E-state index in [2.05, 4.69) is 0 Å². The average molecular weight is 357 g/mol. The molecule has 24 heavy (non-hydrogen) atoms. The first-order chi connectivity index (χ1) is 11.1. The molecular formula is C14H10F7NO2. The number of rotatable bonds is 1. The summed E-state index contributed by atoms with van der Waals surface area (Å²) < 4.78 is 105. The molecule has 0 spiro atoms. The van der Waals surface area contributed by atoms with Gasteiger partial charge in [-0.15, -0.1) is 0 Å². The van der Waals surface area contributed by atoms with Gasteiger partial charge >= 0.3 is 6.18 Å². The Morgan fingerprint density at radius 2 is 1.46 bits per heavy atom. The van der Waals surface area contributed by atoms with Gasteiger partial charge in [0.05, 0.1) is 24.9 Å². The number of nitriles is 1. The number of alkyl halides is 3. The summed E-state index contributed by atoms with van der Waals surface area (Å²) >= 11 is 0. The number of nitrogens with zero attached hydrogens (tertiary/aromatic N) is 1. The number of benzene rings is 1. The standard InChI is InChI=1S/C14H10F7NO2/c1-5-8(14(19,20)21)13(24-3-2-23-5)7-11(17)9(15)6(4-22)10(16)12(7)18/h5,8,13H,2-3H2,1H3. The van der Waals surface area contributed by atoms with Crippen LogP contribution >= 0.6 is 0 Å². The molecule has 3 atom stereocenters. The second kappa shape index (κ2) is 6.57. The van der Waals surface area contributed by atoms with E-state index >= 15 is 0 Å². The van der Waals surface area contributed by atoms with Crippen LogP contribution in [0.2, 0.25) is 0 Å². The predicted octanol–water partition coefficient (Wildman–Crippen LogP) is 3.77. The van der Waals surface area contributed by atoms with Crippen LogP contribution in [0.25, 0.3) is 0 Å². The van der Waals surface area contributed by atoms with E-state index in [0.29, 0.717) is 0 Å². The van der Waals surface area contributed by atoms with Gasteiger partial charge in [0.15, 0.2) is 23.3 Å². The molecule has 0 bridgehead atoms. The summed E-state index contributed by atoms with van der Waals surface area (Å²) in [5.74, 6) is -10.9. The van der Waals surface area contributed by atoms with Gasteiger partial charge < -0.3 is 9.47 Å². The predicted molar refractivity (Wildman–Crippen MR) is 64.6 cm³/mol. The lowest BCUT2D eigenvalue weighted by molar-refractivity contribution is -0.225. The molecule has 132 valence electrons. The van der Waals surface area contributed by atoms with Gasteiger partial charge in [0, 0.05) is 0 Å². The largest absolute Gasteiger partial charge is 0.397 e. The Labute approximate surface area is 131 Å². The summed E-state index contributed by atoms with van der Waals surface area (Å²) in [7, 11) is 0. The summed E-state index contributed by atoms with van der Waals surface area (Å²) in [6.07, 6.45) is -8.95.